The van der Waals surface area contributed by atoms with E-state index in [4.69, 9.17) is 15.2 Å². The molecule has 2 N–H and O–H groups in total. The molecule has 0 saturated heterocycles. The lowest BCUT2D eigenvalue weighted by molar-refractivity contribution is -0.0230. The molecule has 82 valence electrons. The van der Waals surface area contributed by atoms with Crippen LogP contribution in [0.4, 0.5) is 0 Å². The average Bonchev–Trinajstić information content (AvgIpc) is 2.18. The first-order valence-electron chi connectivity index (χ1n) is 5.28. The van der Waals surface area contributed by atoms with Gasteiger partial charge >= 0.3 is 0 Å². The molecule has 1 aliphatic heterocycles. The zero-order valence-corrected chi connectivity index (χ0v) is 9.38. The van der Waals surface area contributed by atoms with Crippen molar-refractivity contribution in [2.45, 2.75) is 45.3 Å². The summed E-state index contributed by atoms with van der Waals surface area (Å²) in [5.41, 5.74) is 7.00. The lowest BCUT2D eigenvalue weighted by Crippen LogP contribution is -2.47. The van der Waals surface area contributed by atoms with Crippen LogP contribution in [0.2, 0.25) is 0 Å². The van der Waals surface area contributed by atoms with Gasteiger partial charge < -0.3 is 15.2 Å². The van der Waals surface area contributed by atoms with Crippen molar-refractivity contribution >= 4 is 0 Å². The molecule has 1 heterocycles. The molecule has 0 radical (unpaired) electrons. The van der Waals surface area contributed by atoms with Crippen LogP contribution in [0.25, 0.3) is 0 Å². The second-order valence-corrected chi connectivity index (χ2v) is 4.18. The highest BCUT2D eigenvalue weighted by molar-refractivity contribution is 5.14. The summed E-state index contributed by atoms with van der Waals surface area (Å²) in [5, 5.41) is 0. The molecule has 3 nitrogen and oxygen atoms in total. The van der Waals surface area contributed by atoms with Crippen LogP contribution in [0.5, 0.6) is 0 Å². The summed E-state index contributed by atoms with van der Waals surface area (Å²) in [4.78, 5) is 0. The van der Waals surface area contributed by atoms with Gasteiger partial charge in [-0.1, -0.05) is 0 Å². The molecule has 0 saturated carbocycles. The normalized spacial score (nSPS) is 19.9. The highest BCUT2D eigenvalue weighted by Crippen LogP contribution is 2.24. The van der Waals surface area contributed by atoms with Crippen molar-refractivity contribution < 1.29 is 9.47 Å². The zero-order valence-electron chi connectivity index (χ0n) is 9.38. The van der Waals surface area contributed by atoms with Crippen LogP contribution in [-0.4, -0.2) is 24.9 Å². The smallest absolute Gasteiger partial charge is 0.0876 e. The molecule has 1 aliphatic rings. The maximum Gasteiger partial charge on any atom is 0.0876 e. The fourth-order valence-corrected chi connectivity index (χ4v) is 1.72. The van der Waals surface area contributed by atoms with E-state index >= 15 is 0 Å². The summed E-state index contributed by atoms with van der Waals surface area (Å²) in [7, 11) is 0. The van der Waals surface area contributed by atoms with E-state index in [1.165, 1.54) is 0 Å². The lowest BCUT2D eigenvalue weighted by atomic mass is 9.90. The predicted molar refractivity (Wildman–Crippen MR) is 56.9 cm³/mol. The third kappa shape index (κ3) is 2.72. The van der Waals surface area contributed by atoms with Crippen LogP contribution in [0, 0.1) is 0 Å². The lowest BCUT2D eigenvalue weighted by Gasteiger charge is -2.33. The molecule has 0 fully saturated rings. The Labute approximate surface area is 86.3 Å². The van der Waals surface area contributed by atoms with Gasteiger partial charge in [0.15, 0.2) is 0 Å². The summed E-state index contributed by atoms with van der Waals surface area (Å²) in [5.74, 6) is 0. The van der Waals surface area contributed by atoms with E-state index in [0.717, 1.165) is 25.0 Å². The van der Waals surface area contributed by atoms with Crippen molar-refractivity contribution in [3.8, 4) is 0 Å². The van der Waals surface area contributed by atoms with E-state index in [2.05, 4.69) is 0 Å². The molecule has 1 unspecified atom stereocenters. The Balaban J connectivity index is 2.62. The number of nitrogens with two attached hydrogens (primary N) is 1. The third-order valence-corrected chi connectivity index (χ3v) is 2.63. The highest BCUT2D eigenvalue weighted by Gasteiger charge is 2.30. The second-order valence-electron chi connectivity index (χ2n) is 4.18. The Bertz CT molecular complexity index is 211. The maximum absolute atomic E-state index is 6.14. The quantitative estimate of drug-likeness (QED) is 0.751. The molecule has 1 rings (SSSR count). The molecule has 14 heavy (non-hydrogen) atoms. The number of hydrogen-bond acceptors (Lipinski definition) is 3. The minimum Gasteiger partial charge on any atom is -0.501 e. The van der Waals surface area contributed by atoms with Gasteiger partial charge in [-0.05, 0) is 39.2 Å². The summed E-state index contributed by atoms with van der Waals surface area (Å²) in [6.07, 6.45) is 3.88. The van der Waals surface area contributed by atoms with Gasteiger partial charge in [-0.15, -0.1) is 0 Å². The third-order valence-electron chi connectivity index (χ3n) is 2.63. The topological polar surface area (TPSA) is 44.5 Å². The molecule has 0 aromatic carbocycles. The van der Waals surface area contributed by atoms with Gasteiger partial charge in [0.25, 0.3) is 0 Å². The minimum absolute atomic E-state index is 0.0669. The van der Waals surface area contributed by atoms with Crippen LogP contribution in [-0.2, 0) is 9.47 Å². The molecule has 0 bridgehead atoms. The molecular formula is C11H21NO2. The molecule has 0 aromatic rings. The van der Waals surface area contributed by atoms with Crippen LogP contribution in [0.3, 0.4) is 0 Å². The fraction of sp³-hybridized carbons (Fsp3) is 0.818. The van der Waals surface area contributed by atoms with E-state index < -0.39 is 0 Å². The first-order valence-corrected chi connectivity index (χ1v) is 5.28. The first kappa shape index (κ1) is 11.5. The predicted octanol–water partition coefficient (Wildman–Crippen LogP) is 1.82. The van der Waals surface area contributed by atoms with E-state index in [0.29, 0.717) is 6.61 Å². The van der Waals surface area contributed by atoms with Gasteiger partial charge in [0.1, 0.15) is 0 Å². The summed E-state index contributed by atoms with van der Waals surface area (Å²) < 4.78 is 10.9. The van der Waals surface area contributed by atoms with E-state index in [1.54, 1.807) is 6.26 Å². The maximum atomic E-state index is 6.14. The van der Waals surface area contributed by atoms with E-state index in [-0.39, 0.29) is 11.6 Å². The highest BCUT2D eigenvalue weighted by atomic mass is 16.5. The van der Waals surface area contributed by atoms with Gasteiger partial charge in [0.05, 0.1) is 24.5 Å². The SMILES string of the molecule is CCOC(C)(C)C(N)C1=COCCC1. The van der Waals surface area contributed by atoms with Crippen molar-refractivity contribution in [2.75, 3.05) is 13.2 Å². The van der Waals surface area contributed by atoms with Gasteiger partial charge in [-0.2, -0.15) is 0 Å². The molecular weight excluding hydrogens is 178 g/mol. The number of hydrogen-bond donors (Lipinski definition) is 1. The van der Waals surface area contributed by atoms with Crippen LogP contribution >= 0.6 is 0 Å². The monoisotopic (exact) mass is 199 g/mol. The van der Waals surface area contributed by atoms with E-state index in [9.17, 15) is 0 Å². The van der Waals surface area contributed by atoms with Gasteiger partial charge in [0, 0.05) is 6.61 Å². The Morgan fingerprint density at radius 3 is 2.86 bits per heavy atom. The molecule has 0 aliphatic carbocycles. The van der Waals surface area contributed by atoms with Gasteiger partial charge in [0.2, 0.25) is 0 Å². The van der Waals surface area contributed by atoms with Crippen molar-refractivity contribution in [3.63, 3.8) is 0 Å². The Morgan fingerprint density at radius 2 is 2.36 bits per heavy atom. The standard InChI is InChI=1S/C11H21NO2/c1-4-14-11(2,3)10(12)9-6-5-7-13-8-9/h8,10H,4-7,12H2,1-3H3. The molecule has 0 spiro atoms. The Morgan fingerprint density at radius 1 is 1.64 bits per heavy atom. The van der Waals surface area contributed by atoms with Crippen molar-refractivity contribution in [2.24, 2.45) is 5.73 Å². The number of rotatable bonds is 4. The van der Waals surface area contributed by atoms with E-state index in [1.807, 2.05) is 20.8 Å². The van der Waals surface area contributed by atoms with Crippen molar-refractivity contribution in [3.05, 3.63) is 11.8 Å². The number of ether oxygens (including phenoxy) is 2. The van der Waals surface area contributed by atoms with Gasteiger partial charge in [-0.3, -0.25) is 0 Å². The first-order chi connectivity index (χ1) is 6.58. The molecule has 0 amide bonds. The molecule has 1 atom stereocenters. The largest absolute Gasteiger partial charge is 0.501 e. The van der Waals surface area contributed by atoms with Crippen LogP contribution in [0.15, 0.2) is 11.8 Å². The molecule has 3 heteroatoms. The molecule has 0 aromatic heterocycles. The van der Waals surface area contributed by atoms with Crippen LogP contribution in [0.1, 0.15) is 33.6 Å². The Kier molecular flexibility index (Phi) is 3.96. The summed E-state index contributed by atoms with van der Waals surface area (Å²) in [6, 6.07) is -0.0669. The average molecular weight is 199 g/mol. The zero-order chi connectivity index (χ0) is 10.6. The van der Waals surface area contributed by atoms with Gasteiger partial charge in [-0.25, -0.2) is 0 Å². The Hall–Kier alpha value is -0.540. The summed E-state index contributed by atoms with van der Waals surface area (Å²) >= 11 is 0. The van der Waals surface area contributed by atoms with Crippen molar-refractivity contribution in [1.82, 2.24) is 0 Å². The van der Waals surface area contributed by atoms with Crippen molar-refractivity contribution in [1.29, 1.82) is 0 Å². The second kappa shape index (κ2) is 4.80. The van der Waals surface area contributed by atoms with Crippen LogP contribution < -0.4 is 5.73 Å². The minimum atomic E-state index is -0.304. The summed E-state index contributed by atoms with van der Waals surface area (Å²) in [6.45, 7) is 7.54. The fourth-order valence-electron chi connectivity index (χ4n) is 1.72.